The van der Waals surface area contributed by atoms with Crippen molar-refractivity contribution >= 4 is 34.7 Å². The second-order valence-corrected chi connectivity index (χ2v) is 6.39. The Morgan fingerprint density at radius 2 is 1.84 bits per heavy atom. The zero-order valence-corrected chi connectivity index (χ0v) is 14.3. The van der Waals surface area contributed by atoms with Crippen molar-refractivity contribution in [3.05, 3.63) is 47.2 Å². The predicted molar refractivity (Wildman–Crippen MR) is 98.2 cm³/mol. The van der Waals surface area contributed by atoms with Crippen molar-refractivity contribution in [3.63, 3.8) is 0 Å². The first-order valence-electron chi connectivity index (χ1n) is 8.14. The van der Waals surface area contributed by atoms with Gasteiger partial charge in [0, 0.05) is 29.9 Å². The maximum Gasteiger partial charge on any atom is 0.323 e. The van der Waals surface area contributed by atoms with Crippen LogP contribution >= 0.6 is 11.6 Å². The molecule has 25 heavy (non-hydrogen) atoms. The number of nitrogens with one attached hydrogen (secondary N) is 2. The number of nitrogens with zero attached hydrogens (tertiary/aromatic N) is 1. The van der Waals surface area contributed by atoms with Crippen LogP contribution in [-0.2, 0) is 0 Å². The van der Waals surface area contributed by atoms with Crippen LogP contribution in [0.1, 0.15) is 19.3 Å². The summed E-state index contributed by atoms with van der Waals surface area (Å²) in [6.45, 7) is 1.69. The van der Waals surface area contributed by atoms with Gasteiger partial charge in [-0.2, -0.15) is 0 Å². The Hall–Kier alpha value is -2.47. The molecule has 0 radical (unpaired) electrons. The number of piperidine rings is 1. The SMILES string of the molecule is O=C(Nc1ccc(N2CCCCC2)c(F)c1)Nc1ccc(Cl)cc1O. The molecule has 2 amide bonds. The van der Waals surface area contributed by atoms with Crippen LogP contribution in [0.2, 0.25) is 5.02 Å². The minimum absolute atomic E-state index is 0.144. The molecule has 0 aliphatic carbocycles. The molecule has 0 atom stereocenters. The smallest absolute Gasteiger partial charge is 0.323 e. The molecule has 2 aromatic carbocycles. The average molecular weight is 364 g/mol. The third kappa shape index (κ3) is 4.33. The van der Waals surface area contributed by atoms with Gasteiger partial charge in [0.25, 0.3) is 0 Å². The first kappa shape index (κ1) is 17.4. The summed E-state index contributed by atoms with van der Waals surface area (Å²) in [7, 11) is 0. The second-order valence-electron chi connectivity index (χ2n) is 5.95. The highest BCUT2D eigenvalue weighted by atomic mass is 35.5. The molecule has 0 spiro atoms. The van der Waals surface area contributed by atoms with Crippen molar-refractivity contribution in [2.75, 3.05) is 28.6 Å². The topological polar surface area (TPSA) is 64.6 Å². The van der Waals surface area contributed by atoms with Gasteiger partial charge in [-0.05, 0) is 49.6 Å². The number of phenols is 1. The van der Waals surface area contributed by atoms with E-state index in [0.717, 1.165) is 25.9 Å². The van der Waals surface area contributed by atoms with E-state index in [-0.39, 0.29) is 17.3 Å². The number of carbonyl (C=O) groups excluding carboxylic acids is 1. The summed E-state index contributed by atoms with van der Waals surface area (Å²) in [5, 5.41) is 15.1. The molecule has 1 saturated heterocycles. The Labute approximate surface area is 150 Å². The van der Waals surface area contributed by atoms with E-state index in [4.69, 9.17) is 11.6 Å². The zero-order chi connectivity index (χ0) is 17.8. The number of benzene rings is 2. The molecule has 1 heterocycles. The van der Waals surface area contributed by atoms with E-state index in [9.17, 15) is 14.3 Å². The van der Waals surface area contributed by atoms with Gasteiger partial charge in [-0.3, -0.25) is 0 Å². The van der Waals surface area contributed by atoms with E-state index in [1.54, 1.807) is 18.2 Å². The van der Waals surface area contributed by atoms with Crippen LogP contribution in [-0.4, -0.2) is 24.2 Å². The first-order chi connectivity index (χ1) is 12.0. The van der Waals surface area contributed by atoms with Crippen LogP contribution in [0.25, 0.3) is 0 Å². The number of rotatable bonds is 3. The normalized spacial score (nSPS) is 14.2. The lowest BCUT2D eigenvalue weighted by Crippen LogP contribution is -2.30. The number of hydrogen-bond acceptors (Lipinski definition) is 3. The quantitative estimate of drug-likeness (QED) is 0.685. The summed E-state index contributed by atoms with van der Waals surface area (Å²) in [6, 6.07) is 8.41. The molecule has 0 unspecified atom stereocenters. The summed E-state index contributed by atoms with van der Waals surface area (Å²) in [5.41, 5.74) is 1.11. The van der Waals surface area contributed by atoms with E-state index >= 15 is 0 Å². The van der Waals surface area contributed by atoms with E-state index < -0.39 is 6.03 Å². The molecular weight excluding hydrogens is 345 g/mol. The number of aromatic hydroxyl groups is 1. The van der Waals surface area contributed by atoms with Crippen molar-refractivity contribution in [1.29, 1.82) is 0 Å². The molecule has 3 N–H and O–H groups in total. The van der Waals surface area contributed by atoms with Gasteiger partial charge in [0.1, 0.15) is 11.6 Å². The number of halogens is 2. The summed E-state index contributed by atoms with van der Waals surface area (Å²) in [4.78, 5) is 14.0. The Morgan fingerprint density at radius 3 is 2.52 bits per heavy atom. The third-order valence-electron chi connectivity index (χ3n) is 4.11. The van der Waals surface area contributed by atoms with Crippen LogP contribution in [0.5, 0.6) is 5.75 Å². The van der Waals surface area contributed by atoms with Gasteiger partial charge in [0.05, 0.1) is 11.4 Å². The van der Waals surface area contributed by atoms with Crippen LogP contribution in [0.15, 0.2) is 36.4 Å². The van der Waals surface area contributed by atoms with Crippen LogP contribution in [0.3, 0.4) is 0 Å². The van der Waals surface area contributed by atoms with E-state index in [1.165, 1.54) is 24.6 Å². The Bertz CT molecular complexity index is 779. The molecule has 1 aliphatic rings. The van der Waals surface area contributed by atoms with Gasteiger partial charge in [-0.15, -0.1) is 0 Å². The van der Waals surface area contributed by atoms with Crippen molar-refractivity contribution in [2.24, 2.45) is 0 Å². The third-order valence-corrected chi connectivity index (χ3v) is 4.35. The van der Waals surface area contributed by atoms with Gasteiger partial charge >= 0.3 is 6.03 Å². The molecular formula is C18H19ClFN3O2. The van der Waals surface area contributed by atoms with Crippen molar-refractivity contribution in [1.82, 2.24) is 0 Å². The second kappa shape index (κ2) is 7.61. The molecule has 0 bridgehead atoms. The largest absolute Gasteiger partial charge is 0.506 e. The first-order valence-corrected chi connectivity index (χ1v) is 8.52. The predicted octanol–water partition coefficient (Wildman–Crippen LogP) is 4.82. The highest BCUT2D eigenvalue weighted by molar-refractivity contribution is 6.30. The number of anilines is 3. The molecule has 1 aliphatic heterocycles. The lowest BCUT2D eigenvalue weighted by molar-refractivity contribution is 0.262. The molecule has 132 valence electrons. The number of hydrogen-bond donors (Lipinski definition) is 3. The van der Waals surface area contributed by atoms with Crippen molar-refractivity contribution in [3.8, 4) is 5.75 Å². The summed E-state index contributed by atoms with van der Waals surface area (Å²) in [5.74, 6) is -0.511. The van der Waals surface area contributed by atoms with Crippen molar-refractivity contribution in [2.45, 2.75) is 19.3 Å². The number of urea groups is 1. The van der Waals surface area contributed by atoms with E-state index in [2.05, 4.69) is 10.6 Å². The Balaban J connectivity index is 1.66. The lowest BCUT2D eigenvalue weighted by atomic mass is 10.1. The lowest BCUT2D eigenvalue weighted by Gasteiger charge is -2.29. The minimum atomic E-state index is -0.581. The molecule has 1 fully saturated rings. The summed E-state index contributed by atoms with van der Waals surface area (Å²) >= 11 is 5.75. The van der Waals surface area contributed by atoms with E-state index in [0.29, 0.717) is 16.4 Å². The van der Waals surface area contributed by atoms with Crippen LogP contribution < -0.4 is 15.5 Å². The van der Waals surface area contributed by atoms with Crippen LogP contribution in [0, 0.1) is 5.82 Å². The molecule has 7 heteroatoms. The minimum Gasteiger partial charge on any atom is -0.506 e. The maximum absolute atomic E-state index is 14.4. The highest BCUT2D eigenvalue weighted by Gasteiger charge is 2.15. The molecule has 2 aromatic rings. The maximum atomic E-state index is 14.4. The highest BCUT2D eigenvalue weighted by Crippen LogP contribution is 2.28. The fourth-order valence-electron chi connectivity index (χ4n) is 2.87. The zero-order valence-electron chi connectivity index (χ0n) is 13.6. The average Bonchev–Trinajstić information content (AvgIpc) is 2.58. The van der Waals surface area contributed by atoms with Gasteiger partial charge in [0.2, 0.25) is 0 Å². The van der Waals surface area contributed by atoms with Gasteiger partial charge in [-0.1, -0.05) is 11.6 Å². The van der Waals surface area contributed by atoms with Gasteiger partial charge in [0.15, 0.2) is 0 Å². The standard InChI is InChI=1S/C18H19ClFN3O2/c19-12-4-6-15(17(24)10-12)22-18(25)21-13-5-7-16(14(20)11-13)23-8-2-1-3-9-23/h4-7,10-11,24H,1-3,8-9H2,(H2,21,22,25). The van der Waals surface area contributed by atoms with E-state index in [1.807, 2.05) is 4.90 Å². The fourth-order valence-corrected chi connectivity index (χ4v) is 3.04. The van der Waals surface area contributed by atoms with Crippen LogP contribution in [0.4, 0.5) is 26.2 Å². The molecule has 0 saturated carbocycles. The summed E-state index contributed by atoms with van der Waals surface area (Å²) < 4.78 is 14.4. The van der Waals surface area contributed by atoms with Gasteiger partial charge < -0.3 is 20.6 Å². The number of phenolic OH excluding ortho intramolecular Hbond substituents is 1. The molecule has 3 rings (SSSR count). The van der Waals surface area contributed by atoms with Gasteiger partial charge in [-0.25, -0.2) is 9.18 Å². The monoisotopic (exact) mass is 363 g/mol. The number of amides is 2. The fraction of sp³-hybridized carbons (Fsp3) is 0.278. The summed E-state index contributed by atoms with van der Waals surface area (Å²) in [6.07, 6.45) is 3.30. The molecule has 0 aromatic heterocycles. The molecule has 5 nitrogen and oxygen atoms in total. The Kier molecular flexibility index (Phi) is 5.28. The Morgan fingerprint density at radius 1 is 1.08 bits per heavy atom. The van der Waals surface area contributed by atoms with Crippen molar-refractivity contribution < 1.29 is 14.3 Å². The number of carbonyl (C=O) groups is 1.